The molecule has 0 radical (unpaired) electrons. The molecule has 1 aromatic heterocycles. The Hall–Kier alpha value is -2.67. The Morgan fingerprint density at radius 2 is 1.95 bits per heavy atom. The summed E-state index contributed by atoms with van der Waals surface area (Å²) in [6, 6.07) is 7.33. The molecule has 0 aliphatic rings. The third-order valence-corrected chi connectivity index (χ3v) is 2.72. The van der Waals surface area contributed by atoms with Crippen molar-refractivity contribution in [2.75, 3.05) is 5.32 Å². The number of nitrogens with two attached hydrogens (primary N) is 1. The standard InChI is InChI=1S/C12H9ClN4O3/c13-8-2-1-6(5-7(8)12(19)20)15-10-4-3-9(11(14)18)16-17-10/h1-5H,(H2,14,18)(H,15,17)(H,19,20). The van der Waals surface area contributed by atoms with Gasteiger partial charge >= 0.3 is 5.97 Å². The fourth-order valence-electron chi connectivity index (χ4n) is 1.45. The van der Waals surface area contributed by atoms with Crippen LogP contribution in [-0.4, -0.2) is 27.2 Å². The number of aromatic carboxylic acids is 1. The number of carbonyl (C=O) groups excluding carboxylic acids is 1. The SMILES string of the molecule is NC(=O)c1ccc(Nc2ccc(Cl)c(C(=O)O)c2)nn1. The molecule has 0 fully saturated rings. The predicted molar refractivity (Wildman–Crippen MR) is 72.2 cm³/mol. The highest BCUT2D eigenvalue weighted by Crippen LogP contribution is 2.22. The molecule has 4 N–H and O–H groups in total. The first-order chi connectivity index (χ1) is 9.47. The highest BCUT2D eigenvalue weighted by molar-refractivity contribution is 6.33. The molecular formula is C12H9ClN4O3. The molecule has 0 aliphatic heterocycles. The number of nitrogens with zero attached hydrogens (tertiary/aromatic N) is 2. The van der Waals surface area contributed by atoms with E-state index in [1.54, 1.807) is 6.07 Å². The van der Waals surface area contributed by atoms with Crippen molar-refractivity contribution in [3.63, 3.8) is 0 Å². The number of amides is 1. The second-order valence-corrected chi connectivity index (χ2v) is 4.20. The van der Waals surface area contributed by atoms with Crippen LogP contribution in [0.5, 0.6) is 0 Å². The van der Waals surface area contributed by atoms with Crippen LogP contribution in [0.3, 0.4) is 0 Å². The first-order valence-corrected chi connectivity index (χ1v) is 5.78. The number of carboxylic acids is 1. The minimum Gasteiger partial charge on any atom is -0.478 e. The maximum absolute atomic E-state index is 11.0. The second-order valence-electron chi connectivity index (χ2n) is 3.79. The summed E-state index contributed by atoms with van der Waals surface area (Å²) < 4.78 is 0. The molecule has 8 heteroatoms. The van der Waals surface area contributed by atoms with E-state index in [1.165, 1.54) is 24.3 Å². The van der Waals surface area contributed by atoms with E-state index in [2.05, 4.69) is 15.5 Å². The monoisotopic (exact) mass is 292 g/mol. The fraction of sp³-hybridized carbons (Fsp3) is 0. The lowest BCUT2D eigenvalue weighted by Gasteiger charge is -2.07. The lowest BCUT2D eigenvalue weighted by Crippen LogP contribution is -2.13. The van der Waals surface area contributed by atoms with Crippen molar-refractivity contribution in [2.45, 2.75) is 0 Å². The molecule has 0 atom stereocenters. The first-order valence-electron chi connectivity index (χ1n) is 5.41. The van der Waals surface area contributed by atoms with Gasteiger partial charge in [0.25, 0.3) is 5.91 Å². The van der Waals surface area contributed by atoms with Gasteiger partial charge < -0.3 is 16.2 Å². The number of carbonyl (C=O) groups is 2. The van der Waals surface area contributed by atoms with Crippen LogP contribution in [0.2, 0.25) is 5.02 Å². The van der Waals surface area contributed by atoms with Crippen LogP contribution >= 0.6 is 11.6 Å². The number of anilines is 2. The fourth-order valence-corrected chi connectivity index (χ4v) is 1.64. The Balaban J connectivity index is 2.23. The lowest BCUT2D eigenvalue weighted by atomic mass is 10.2. The van der Waals surface area contributed by atoms with E-state index in [-0.39, 0.29) is 16.3 Å². The minimum absolute atomic E-state index is 0.0293. The van der Waals surface area contributed by atoms with Crippen LogP contribution in [0.15, 0.2) is 30.3 Å². The normalized spacial score (nSPS) is 10.1. The maximum Gasteiger partial charge on any atom is 0.337 e. The molecule has 1 heterocycles. The molecule has 0 bridgehead atoms. The van der Waals surface area contributed by atoms with E-state index in [9.17, 15) is 9.59 Å². The van der Waals surface area contributed by atoms with Crippen molar-refractivity contribution in [2.24, 2.45) is 5.73 Å². The van der Waals surface area contributed by atoms with E-state index in [4.69, 9.17) is 22.4 Å². The minimum atomic E-state index is -1.13. The summed E-state index contributed by atoms with van der Waals surface area (Å²) in [5.74, 6) is -1.47. The number of benzene rings is 1. The third-order valence-electron chi connectivity index (χ3n) is 2.39. The van der Waals surface area contributed by atoms with Gasteiger partial charge in [-0.3, -0.25) is 4.79 Å². The summed E-state index contributed by atoms with van der Waals surface area (Å²) >= 11 is 5.76. The number of rotatable bonds is 4. The van der Waals surface area contributed by atoms with Crippen molar-refractivity contribution in [3.8, 4) is 0 Å². The Morgan fingerprint density at radius 1 is 1.20 bits per heavy atom. The van der Waals surface area contributed by atoms with Gasteiger partial charge in [-0.15, -0.1) is 10.2 Å². The number of hydrogen-bond acceptors (Lipinski definition) is 5. The highest BCUT2D eigenvalue weighted by Gasteiger charge is 2.10. The average Bonchev–Trinajstić information content (AvgIpc) is 2.41. The summed E-state index contributed by atoms with van der Waals surface area (Å²) in [4.78, 5) is 21.8. The zero-order valence-electron chi connectivity index (χ0n) is 10.0. The van der Waals surface area contributed by atoms with Crippen molar-refractivity contribution in [1.29, 1.82) is 0 Å². The second kappa shape index (κ2) is 5.54. The van der Waals surface area contributed by atoms with Crippen LogP contribution < -0.4 is 11.1 Å². The van der Waals surface area contributed by atoms with E-state index in [0.29, 0.717) is 11.5 Å². The molecule has 0 spiro atoms. The summed E-state index contributed by atoms with van der Waals surface area (Å²) in [5, 5.41) is 19.3. The molecule has 1 aromatic carbocycles. The van der Waals surface area contributed by atoms with E-state index < -0.39 is 11.9 Å². The lowest BCUT2D eigenvalue weighted by molar-refractivity contribution is 0.0697. The quantitative estimate of drug-likeness (QED) is 0.789. The van der Waals surface area contributed by atoms with Crippen molar-refractivity contribution < 1.29 is 14.7 Å². The highest BCUT2D eigenvalue weighted by atomic mass is 35.5. The number of nitrogens with one attached hydrogen (secondary N) is 1. The van der Waals surface area contributed by atoms with Gasteiger partial charge in [0.15, 0.2) is 11.5 Å². The summed E-state index contributed by atoms with van der Waals surface area (Å²) in [7, 11) is 0. The van der Waals surface area contributed by atoms with Crippen LogP contribution in [-0.2, 0) is 0 Å². The van der Waals surface area contributed by atoms with E-state index in [1.807, 2.05) is 0 Å². The van der Waals surface area contributed by atoms with Gasteiger partial charge in [-0.2, -0.15) is 0 Å². The Kier molecular flexibility index (Phi) is 3.81. The van der Waals surface area contributed by atoms with Gasteiger partial charge in [-0.1, -0.05) is 11.6 Å². The predicted octanol–water partition coefficient (Wildman–Crippen LogP) is 1.67. The van der Waals surface area contributed by atoms with Gasteiger partial charge in [0.1, 0.15) is 0 Å². The maximum atomic E-state index is 11.0. The smallest absolute Gasteiger partial charge is 0.337 e. The molecule has 0 saturated carbocycles. The molecule has 2 aromatic rings. The molecule has 7 nitrogen and oxygen atoms in total. The Labute approximate surface area is 118 Å². The molecule has 0 aliphatic carbocycles. The summed E-state index contributed by atoms with van der Waals surface area (Å²) in [6.07, 6.45) is 0. The van der Waals surface area contributed by atoms with Crippen LogP contribution in [0.4, 0.5) is 11.5 Å². The Bertz CT molecular complexity index is 673. The molecule has 1 amide bonds. The van der Waals surface area contributed by atoms with Gasteiger partial charge in [0.05, 0.1) is 10.6 Å². The zero-order chi connectivity index (χ0) is 14.7. The summed E-state index contributed by atoms with van der Waals surface area (Å²) in [6.45, 7) is 0. The zero-order valence-corrected chi connectivity index (χ0v) is 10.8. The van der Waals surface area contributed by atoms with E-state index in [0.717, 1.165) is 0 Å². The van der Waals surface area contributed by atoms with E-state index >= 15 is 0 Å². The van der Waals surface area contributed by atoms with Crippen LogP contribution in [0.25, 0.3) is 0 Å². The molecule has 102 valence electrons. The van der Waals surface area contributed by atoms with Gasteiger partial charge in [0.2, 0.25) is 0 Å². The Morgan fingerprint density at radius 3 is 2.50 bits per heavy atom. The topological polar surface area (TPSA) is 118 Å². The van der Waals surface area contributed by atoms with Gasteiger partial charge in [0, 0.05) is 5.69 Å². The number of carboxylic acid groups (broad SMARTS) is 1. The van der Waals surface area contributed by atoms with Gasteiger partial charge in [-0.25, -0.2) is 4.79 Å². The molecule has 2 rings (SSSR count). The van der Waals surface area contributed by atoms with Crippen molar-refractivity contribution >= 4 is 35.0 Å². The summed E-state index contributed by atoms with van der Waals surface area (Å²) in [5.41, 5.74) is 5.53. The largest absolute Gasteiger partial charge is 0.478 e. The number of hydrogen-bond donors (Lipinski definition) is 3. The van der Waals surface area contributed by atoms with Crippen LogP contribution in [0, 0.1) is 0 Å². The first kappa shape index (κ1) is 13.8. The van der Waals surface area contributed by atoms with Crippen LogP contribution in [0.1, 0.15) is 20.8 Å². The molecule has 0 saturated heterocycles. The number of aromatic nitrogens is 2. The van der Waals surface area contributed by atoms with Gasteiger partial charge in [-0.05, 0) is 30.3 Å². The molecular weight excluding hydrogens is 284 g/mol. The average molecular weight is 293 g/mol. The molecule has 20 heavy (non-hydrogen) atoms. The molecule has 0 unspecified atom stereocenters. The number of primary amides is 1. The van der Waals surface area contributed by atoms with Crippen molar-refractivity contribution in [3.05, 3.63) is 46.6 Å². The van der Waals surface area contributed by atoms with Crippen molar-refractivity contribution in [1.82, 2.24) is 10.2 Å². The third kappa shape index (κ3) is 3.01. The number of halogens is 1.